The highest BCUT2D eigenvalue weighted by Gasteiger charge is 2.11. The summed E-state index contributed by atoms with van der Waals surface area (Å²) in [6.45, 7) is 2.39. The number of aromatic amines is 1. The van der Waals surface area contributed by atoms with E-state index in [1.54, 1.807) is 12.3 Å². The smallest absolute Gasteiger partial charge is 0.344 e. The van der Waals surface area contributed by atoms with Gasteiger partial charge in [0.1, 0.15) is 5.75 Å². The van der Waals surface area contributed by atoms with E-state index in [4.69, 9.17) is 4.74 Å². The second-order valence-electron chi connectivity index (χ2n) is 4.64. The van der Waals surface area contributed by atoms with Crippen molar-refractivity contribution in [2.24, 2.45) is 0 Å². The molecule has 1 aromatic carbocycles. The lowest BCUT2D eigenvalue weighted by Gasteiger charge is -2.10. The average molecular weight is 287 g/mol. The molecule has 0 saturated carbocycles. The van der Waals surface area contributed by atoms with Gasteiger partial charge in [-0.25, -0.2) is 9.78 Å². The monoisotopic (exact) mass is 287 g/mol. The predicted octanol–water partition coefficient (Wildman–Crippen LogP) is 1.06. The number of amides is 1. The van der Waals surface area contributed by atoms with Crippen LogP contribution in [-0.4, -0.2) is 29.5 Å². The first-order valence-corrected chi connectivity index (χ1v) is 6.56. The molecule has 0 bridgehead atoms. The fourth-order valence-corrected chi connectivity index (χ4v) is 1.91. The van der Waals surface area contributed by atoms with Crippen molar-refractivity contribution >= 4 is 5.91 Å². The highest BCUT2D eigenvalue weighted by Crippen LogP contribution is 2.19. The molecule has 2 aromatic rings. The molecule has 0 aliphatic carbocycles. The number of aromatic nitrogens is 2. The Bertz CT molecular complexity index is 674. The van der Waals surface area contributed by atoms with Crippen molar-refractivity contribution < 1.29 is 9.53 Å². The molecule has 6 heteroatoms. The Balaban J connectivity index is 1.96. The Morgan fingerprint density at radius 3 is 2.90 bits per heavy atom. The summed E-state index contributed by atoms with van der Waals surface area (Å²) < 4.78 is 5.21. The highest BCUT2D eigenvalue weighted by molar-refractivity contribution is 5.97. The molecule has 0 aliphatic heterocycles. The molecule has 2 rings (SSSR count). The molecule has 0 atom stereocenters. The third kappa shape index (κ3) is 3.92. The number of aryl methyl sites for hydroxylation is 1. The zero-order chi connectivity index (χ0) is 15.2. The van der Waals surface area contributed by atoms with Crippen LogP contribution in [0.2, 0.25) is 0 Å². The summed E-state index contributed by atoms with van der Waals surface area (Å²) in [6, 6.07) is 5.43. The van der Waals surface area contributed by atoms with E-state index < -0.39 is 0 Å². The lowest BCUT2D eigenvalue weighted by atomic mass is 10.1. The van der Waals surface area contributed by atoms with Gasteiger partial charge in [0.25, 0.3) is 5.91 Å². The number of carbonyl (C=O) groups is 1. The summed E-state index contributed by atoms with van der Waals surface area (Å²) in [7, 11) is 1.54. The van der Waals surface area contributed by atoms with E-state index in [9.17, 15) is 9.59 Å². The van der Waals surface area contributed by atoms with Gasteiger partial charge in [-0.05, 0) is 36.6 Å². The summed E-state index contributed by atoms with van der Waals surface area (Å²) in [5.74, 6) is 0.363. The number of H-pyrrole nitrogens is 1. The van der Waals surface area contributed by atoms with E-state index in [2.05, 4.69) is 15.3 Å². The number of nitrogens with zero attached hydrogens (tertiary/aromatic N) is 1. The minimum Gasteiger partial charge on any atom is -0.496 e. The van der Waals surface area contributed by atoms with E-state index in [-0.39, 0.29) is 11.6 Å². The van der Waals surface area contributed by atoms with Crippen LogP contribution in [-0.2, 0) is 6.42 Å². The van der Waals surface area contributed by atoms with Crippen molar-refractivity contribution in [2.45, 2.75) is 13.3 Å². The van der Waals surface area contributed by atoms with Gasteiger partial charge in [-0.1, -0.05) is 6.07 Å². The first kappa shape index (κ1) is 14.8. The normalized spacial score (nSPS) is 10.2. The van der Waals surface area contributed by atoms with E-state index in [0.717, 1.165) is 11.1 Å². The summed E-state index contributed by atoms with van der Waals surface area (Å²) in [5, 5.41) is 2.82. The second kappa shape index (κ2) is 6.69. The second-order valence-corrected chi connectivity index (χ2v) is 4.64. The number of rotatable bonds is 5. The summed E-state index contributed by atoms with van der Waals surface area (Å²) in [5.41, 5.74) is 2.00. The first-order chi connectivity index (χ1) is 10.1. The number of hydrogen-bond donors (Lipinski definition) is 2. The van der Waals surface area contributed by atoms with E-state index >= 15 is 0 Å². The fourth-order valence-electron chi connectivity index (χ4n) is 1.91. The molecule has 1 amide bonds. The highest BCUT2D eigenvalue weighted by atomic mass is 16.5. The maximum Gasteiger partial charge on any atom is 0.344 e. The molecular formula is C15H17N3O3. The molecule has 0 spiro atoms. The van der Waals surface area contributed by atoms with Crippen LogP contribution in [0, 0.1) is 6.92 Å². The molecule has 110 valence electrons. The van der Waals surface area contributed by atoms with Crippen LogP contribution < -0.4 is 15.7 Å². The third-order valence-corrected chi connectivity index (χ3v) is 3.03. The van der Waals surface area contributed by atoms with Gasteiger partial charge in [-0.2, -0.15) is 0 Å². The van der Waals surface area contributed by atoms with Gasteiger partial charge in [0.15, 0.2) is 0 Å². The van der Waals surface area contributed by atoms with Crippen molar-refractivity contribution in [3.63, 3.8) is 0 Å². The number of carbonyl (C=O) groups excluding carboxylic acids is 1. The van der Waals surface area contributed by atoms with Crippen molar-refractivity contribution in [1.82, 2.24) is 15.3 Å². The number of methoxy groups -OCH3 is 1. The predicted molar refractivity (Wildman–Crippen MR) is 78.6 cm³/mol. The number of hydrogen-bond acceptors (Lipinski definition) is 4. The molecule has 0 saturated heterocycles. The fraction of sp³-hybridized carbons (Fsp3) is 0.267. The van der Waals surface area contributed by atoms with Gasteiger partial charge in [0, 0.05) is 18.9 Å². The lowest BCUT2D eigenvalue weighted by Crippen LogP contribution is -2.26. The number of benzene rings is 1. The molecule has 1 heterocycles. The standard InChI is InChI=1S/C15H17N3O3/c1-10-3-4-12(13(7-10)21-2)14(19)16-6-5-11-8-17-15(20)18-9-11/h3-4,7-9H,5-6H2,1-2H3,(H,16,19)(H,17,18,20). The lowest BCUT2D eigenvalue weighted by molar-refractivity contribution is 0.0951. The third-order valence-electron chi connectivity index (χ3n) is 3.03. The first-order valence-electron chi connectivity index (χ1n) is 6.56. The van der Waals surface area contributed by atoms with Crippen LogP contribution in [0.5, 0.6) is 5.75 Å². The molecular weight excluding hydrogens is 270 g/mol. The maximum absolute atomic E-state index is 12.1. The molecule has 6 nitrogen and oxygen atoms in total. The zero-order valence-corrected chi connectivity index (χ0v) is 12.0. The largest absolute Gasteiger partial charge is 0.496 e. The Labute approximate surface area is 122 Å². The van der Waals surface area contributed by atoms with E-state index in [1.165, 1.54) is 13.3 Å². The van der Waals surface area contributed by atoms with Crippen molar-refractivity contribution in [3.05, 3.63) is 57.8 Å². The van der Waals surface area contributed by atoms with Crippen LogP contribution in [0.4, 0.5) is 0 Å². The van der Waals surface area contributed by atoms with Crippen LogP contribution in [0.15, 0.2) is 35.4 Å². The van der Waals surface area contributed by atoms with Crippen molar-refractivity contribution in [3.8, 4) is 5.75 Å². The Hall–Kier alpha value is -2.63. The van der Waals surface area contributed by atoms with Crippen LogP contribution in [0.1, 0.15) is 21.5 Å². The Kier molecular flexibility index (Phi) is 4.71. The molecule has 0 radical (unpaired) electrons. The van der Waals surface area contributed by atoms with Gasteiger partial charge in [-0.15, -0.1) is 0 Å². The molecule has 1 aromatic heterocycles. The minimum absolute atomic E-state index is 0.191. The average Bonchev–Trinajstić information content (AvgIpc) is 2.49. The van der Waals surface area contributed by atoms with Gasteiger partial charge in [0.05, 0.1) is 12.7 Å². The van der Waals surface area contributed by atoms with Crippen molar-refractivity contribution in [1.29, 1.82) is 0 Å². The zero-order valence-electron chi connectivity index (χ0n) is 12.0. The SMILES string of the molecule is COc1cc(C)ccc1C(=O)NCCc1cnc(=O)[nH]c1. The van der Waals surface area contributed by atoms with Gasteiger partial charge in [-0.3, -0.25) is 4.79 Å². The molecule has 0 aliphatic rings. The van der Waals surface area contributed by atoms with Crippen LogP contribution in [0.3, 0.4) is 0 Å². The summed E-state index contributed by atoms with van der Waals surface area (Å²) in [6.07, 6.45) is 3.68. The van der Waals surface area contributed by atoms with E-state index in [0.29, 0.717) is 24.3 Å². The van der Waals surface area contributed by atoms with E-state index in [1.807, 2.05) is 19.1 Å². The Morgan fingerprint density at radius 2 is 2.24 bits per heavy atom. The van der Waals surface area contributed by atoms with Crippen LogP contribution in [0.25, 0.3) is 0 Å². The number of nitrogens with one attached hydrogen (secondary N) is 2. The summed E-state index contributed by atoms with van der Waals surface area (Å²) >= 11 is 0. The van der Waals surface area contributed by atoms with Gasteiger partial charge in [0.2, 0.25) is 0 Å². The molecule has 21 heavy (non-hydrogen) atoms. The Morgan fingerprint density at radius 1 is 1.43 bits per heavy atom. The molecule has 0 fully saturated rings. The number of ether oxygens (including phenoxy) is 1. The summed E-state index contributed by atoms with van der Waals surface area (Å²) in [4.78, 5) is 29.1. The quantitative estimate of drug-likeness (QED) is 0.861. The van der Waals surface area contributed by atoms with Gasteiger partial charge >= 0.3 is 5.69 Å². The topological polar surface area (TPSA) is 84.1 Å². The van der Waals surface area contributed by atoms with Crippen LogP contribution >= 0.6 is 0 Å². The van der Waals surface area contributed by atoms with Crippen molar-refractivity contribution in [2.75, 3.05) is 13.7 Å². The van der Waals surface area contributed by atoms with Gasteiger partial charge < -0.3 is 15.0 Å². The minimum atomic E-state index is -0.382. The molecule has 2 N–H and O–H groups in total. The molecule has 0 unspecified atom stereocenters. The maximum atomic E-state index is 12.1.